The Kier molecular flexibility index (Phi) is 1.02. The van der Waals surface area contributed by atoms with Crippen molar-refractivity contribution in [2.75, 3.05) is 0 Å². The predicted molar refractivity (Wildman–Crippen MR) is 47.4 cm³/mol. The average Bonchev–Trinajstić information content (AvgIpc) is 2.57. The Hall–Kier alpha value is -1.97. The minimum absolute atomic E-state index is 0.167. The van der Waals surface area contributed by atoms with Gasteiger partial charge in [0.05, 0.1) is 17.3 Å². The van der Waals surface area contributed by atoms with Gasteiger partial charge in [-0.1, -0.05) is 0 Å². The molecule has 1 aromatic heterocycles. The van der Waals surface area contributed by atoms with Gasteiger partial charge in [0.1, 0.15) is 17.0 Å². The van der Waals surface area contributed by atoms with Gasteiger partial charge in [-0.25, -0.2) is 0 Å². The van der Waals surface area contributed by atoms with Crippen LogP contribution >= 0.6 is 0 Å². The van der Waals surface area contributed by atoms with E-state index in [9.17, 15) is 5.11 Å². The number of hydrogen-bond donors (Lipinski definition) is 2. The molecule has 1 aromatic carbocycles. The lowest BCUT2D eigenvalue weighted by Gasteiger charge is -2.06. The molecule has 64 valence electrons. The van der Waals surface area contributed by atoms with Crippen LogP contribution in [-0.4, -0.2) is 15.3 Å². The highest BCUT2D eigenvalue weighted by Crippen LogP contribution is 2.35. The number of benzene rings is 1. The predicted octanol–water partition coefficient (Wildman–Crippen LogP) is 1.63. The third-order valence-electron chi connectivity index (χ3n) is 2.11. The molecule has 13 heavy (non-hydrogen) atoms. The first-order valence-corrected chi connectivity index (χ1v) is 3.89. The standard InChI is InChI=1S/C9H6N2O2/c12-6-1-2-7-8-5(3-4-13-7)10-11-9(6)8/h1-4,12H,(H,10,11). The Balaban J connectivity index is 2.56. The fourth-order valence-electron chi connectivity index (χ4n) is 1.50. The summed E-state index contributed by atoms with van der Waals surface area (Å²) in [6.45, 7) is 0. The third-order valence-corrected chi connectivity index (χ3v) is 2.11. The number of nitrogens with zero attached hydrogens (tertiary/aromatic N) is 1. The van der Waals surface area contributed by atoms with E-state index in [2.05, 4.69) is 10.2 Å². The average molecular weight is 174 g/mol. The Morgan fingerprint density at radius 3 is 3.23 bits per heavy atom. The highest BCUT2D eigenvalue weighted by atomic mass is 16.5. The third kappa shape index (κ3) is 0.717. The molecule has 2 heterocycles. The number of ether oxygens (including phenoxy) is 1. The first-order chi connectivity index (χ1) is 6.36. The largest absolute Gasteiger partial charge is 0.506 e. The molecule has 0 aliphatic carbocycles. The minimum atomic E-state index is 0.167. The lowest BCUT2D eigenvalue weighted by molar-refractivity contribution is 0.472. The number of nitrogens with one attached hydrogen (secondary N) is 1. The second-order valence-electron chi connectivity index (χ2n) is 2.86. The van der Waals surface area contributed by atoms with Gasteiger partial charge >= 0.3 is 0 Å². The zero-order chi connectivity index (χ0) is 8.84. The molecule has 2 N–H and O–H groups in total. The molecule has 4 nitrogen and oxygen atoms in total. The van der Waals surface area contributed by atoms with Crippen molar-refractivity contribution in [1.29, 1.82) is 0 Å². The van der Waals surface area contributed by atoms with E-state index in [1.165, 1.54) is 0 Å². The van der Waals surface area contributed by atoms with Crippen molar-refractivity contribution in [3.63, 3.8) is 0 Å². The first kappa shape index (κ1) is 6.54. The summed E-state index contributed by atoms with van der Waals surface area (Å²) in [5.41, 5.74) is 1.42. The Bertz CT molecular complexity index is 514. The van der Waals surface area contributed by atoms with E-state index in [1.54, 1.807) is 24.5 Å². The van der Waals surface area contributed by atoms with Gasteiger partial charge in [0.25, 0.3) is 0 Å². The van der Waals surface area contributed by atoms with Gasteiger partial charge in [0.2, 0.25) is 0 Å². The molecule has 2 aromatic rings. The summed E-state index contributed by atoms with van der Waals surface area (Å²) in [4.78, 5) is 0. The van der Waals surface area contributed by atoms with Crippen molar-refractivity contribution in [2.45, 2.75) is 0 Å². The second kappa shape index (κ2) is 2.04. The molecule has 0 amide bonds. The molecular formula is C9H6N2O2. The normalized spacial score (nSPS) is 13.2. The highest BCUT2D eigenvalue weighted by Gasteiger charge is 2.15. The maximum Gasteiger partial charge on any atom is 0.143 e. The monoisotopic (exact) mass is 174 g/mol. The van der Waals surface area contributed by atoms with Crippen LogP contribution in [0.1, 0.15) is 5.69 Å². The van der Waals surface area contributed by atoms with Crippen LogP contribution in [-0.2, 0) is 0 Å². The highest BCUT2D eigenvalue weighted by molar-refractivity contribution is 5.96. The Labute approximate surface area is 73.5 Å². The van der Waals surface area contributed by atoms with Crippen LogP contribution < -0.4 is 4.74 Å². The number of phenolic OH excluding ortho intramolecular Hbond substituents is 1. The lowest BCUT2D eigenvalue weighted by Crippen LogP contribution is -1.89. The number of H-pyrrole nitrogens is 1. The number of aromatic nitrogens is 2. The van der Waals surface area contributed by atoms with Crippen molar-refractivity contribution >= 4 is 17.0 Å². The van der Waals surface area contributed by atoms with E-state index in [0.717, 1.165) is 16.8 Å². The van der Waals surface area contributed by atoms with Gasteiger partial charge in [-0.2, -0.15) is 5.10 Å². The summed E-state index contributed by atoms with van der Waals surface area (Å²) in [6.07, 6.45) is 3.37. The van der Waals surface area contributed by atoms with E-state index in [4.69, 9.17) is 4.74 Å². The van der Waals surface area contributed by atoms with Gasteiger partial charge in [-0.3, -0.25) is 5.10 Å². The molecule has 3 rings (SSSR count). The molecule has 0 unspecified atom stereocenters. The van der Waals surface area contributed by atoms with E-state index >= 15 is 0 Å². The number of hydrogen-bond acceptors (Lipinski definition) is 3. The van der Waals surface area contributed by atoms with Gasteiger partial charge in [-0.15, -0.1) is 0 Å². The molecule has 0 atom stereocenters. The summed E-state index contributed by atoms with van der Waals surface area (Å²) in [5, 5.41) is 17.1. The molecule has 0 radical (unpaired) electrons. The molecule has 1 aliphatic heterocycles. The van der Waals surface area contributed by atoms with Crippen LogP contribution in [0.2, 0.25) is 0 Å². The van der Waals surface area contributed by atoms with E-state index in [-0.39, 0.29) is 5.75 Å². The molecule has 0 saturated heterocycles. The first-order valence-electron chi connectivity index (χ1n) is 3.89. The van der Waals surface area contributed by atoms with Gasteiger partial charge in [0, 0.05) is 0 Å². The zero-order valence-electron chi connectivity index (χ0n) is 6.61. The molecule has 0 spiro atoms. The van der Waals surface area contributed by atoms with Crippen molar-refractivity contribution in [2.24, 2.45) is 0 Å². The van der Waals surface area contributed by atoms with E-state index in [1.807, 2.05) is 0 Å². The Morgan fingerprint density at radius 2 is 2.31 bits per heavy atom. The van der Waals surface area contributed by atoms with Crippen LogP contribution in [0.5, 0.6) is 11.5 Å². The summed E-state index contributed by atoms with van der Waals surface area (Å²) >= 11 is 0. The quantitative estimate of drug-likeness (QED) is 0.638. The maximum absolute atomic E-state index is 9.47. The summed E-state index contributed by atoms with van der Waals surface area (Å²) in [5.74, 6) is 0.888. The number of rotatable bonds is 0. The van der Waals surface area contributed by atoms with Gasteiger partial charge in [0.15, 0.2) is 0 Å². The van der Waals surface area contributed by atoms with Crippen LogP contribution in [0.25, 0.3) is 17.0 Å². The topological polar surface area (TPSA) is 58.1 Å². The fraction of sp³-hybridized carbons (Fsp3) is 0. The second-order valence-corrected chi connectivity index (χ2v) is 2.86. The van der Waals surface area contributed by atoms with E-state index < -0.39 is 0 Å². The summed E-state index contributed by atoms with van der Waals surface area (Å²) < 4.78 is 5.26. The van der Waals surface area contributed by atoms with E-state index in [0.29, 0.717) is 5.52 Å². The summed E-state index contributed by atoms with van der Waals surface area (Å²) in [6, 6.07) is 3.29. The maximum atomic E-state index is 9.47. The number of aromatic hydroxyl groups is 1. The van der Waals surface area contributed by atoms with Crippen LogP contribution in [0, 0.1) is 0 Å². The molecule has 0 fully saturated rings. The van der Waals surface area contributed by atoms with Crippen molar-refractivity contribution in [3.8, 4) is 11.5 Å². The van der Waals surface area contributed by atoms with Crippen LogP contribution in [0.4, 0.5) is 0 Å². The van der Waals surface area contributed by atoms with Gasteiger partial charge in [-0.05, 0) is 18.2 Å². The summed E-state index contributed by atoms with van der Waals surface area (Å²) in [7, 11) is 0. The Morgan fingerprint density at radius 1 is 1.38 bits per heavy atom. The molecule has 1 aliphatic rings. The minimum Gasteiger partial charge on any atom is -0.506 e. The fourth-order valence-corrected chi connectivity index (χ4v) is 1.50. The van der Waals surface area contributed by atoms with Crippen LogP contribution in [0.3, 0.4) is 0 Å². The van der Waals surface area contributed by atoms with Crippen molar-refractivity contribution < 1.29 is 9.84 Å². The molecular weight excluding hydrogens is 168 g/mol. The molecule has 0 bridgehead atoms. The zero-order valence-corrected chi connectivity index (χ0v) is 6.61. The van der Waals surface area contributed by atoms with Crippen molar-refractivity contribution in [1.82, 2.24) is 10.2 Å². The SMILES string of the molecule is Oc1ccc2c3c([nH]nc13)C=CO2. The lowest BCUT2D eigenvalue weighted by atomic mass is 10.1. The molecule has 0 saturated carbocycles. The van der Waals surface area contributed by atoms with Crippen molar-refractivity contribution in [3.05, 3.63) is 24.1 Å². The van der Waals surface area contributed by atoms with Gasteiger partial charge < -0.3 is 9.84 Å². The number of phenols is 1. The molecule has 4 heteroatoms. The smallest absolute Gasteiger partial charge is 0.143 e. The van der Waals surface area contributed by atoms with Crippen LogP contribution in [0.15, 0.2) is 18.4 Å². The number of aromatic amines is 1.